The Kier molecular flexibility index (Phi) is 6.87. The molecule has 5 heteroatoms. The summed E-state index contributed by atoms with van der Waals surface area (Å²) >= 11 is 0. The molecule has 0 aromatic heterocycles. The molecule has 0 unspecified atom stereocenters. The zero-order valence-corrected chi connectivity index (χ0v) is 9.49. The molecule has 0 bridgehead atoms. The quantitative estimate of drug-likeness (QED) is 0.402. The number of hydrogen-bond acceptors (Lipinski definition) is 4. The molecular formula is C11H16O5. The van der Waals surface area contributed by atoms with Gasteiger partial charge in [0.1, 0.15) is 6.61 Å². The molecule has 0 aromatic carbocycles. The summed E-state index contributed by atoms with van der Waals surface area (Å²) in [6.45, 7) is 7.00. The van der Waals surface area contributed by atoms with Crippen LogP contribution in [0.1, 0.15) is 13.8 Å². The van der Waals surface area contributed by atoms with E-state index in [2.05, 4.69) is 6.58 Å². The van der Waals surface area contributed by atoms with E-state index in [0.717, 1.165) is 0 Å². The number of rotatable bonds is 7. The summed E-state index contributed by atoms with van der Waals surface area (Å²) in [5.41, 5.74) is 0.556. The standard InChI is InChI=1S/C11H16O5/c1-8(2)11(14)16-7-6-15-5-4-9(3)10(12)13/h4H,1,5-7H2,2-3H3,(H,12,13). The second-order valence-corrected chi connectivity index (χ2v) is 3.18. The number of aliphatic carboxylic acids is 1. The molecular weight excluding hydrogens is 212 g/mol. The molecule has 0 saturated heterocycles. The topological polar surface area (TPSA) is 72.8 Å². The average molecular weight is 228 g/mol. The molecule has 0 saturated carbocycles. The van der Waals surface area contributed by atoms with E-state index < -0.39 is 11.9 Å². The van der Waals surface area contributed by atoms with E-state index in [0.29, 0.717) is 5.57 Å². The van der Waals surface area contributed by atoms with Crippen LogP contribution in [0.4, 0.5) is 0 Å². The van der Waals surface area contributed by atoms with Gasteiger partial charge in [-0.3, -0.25) is 0 Å². The van der Waals surface area contributed by atoms with Gasteiger partial charge >= 0.3 is 11.9 Å². The Balaban J connectivity index is 3.55. The fourth-order valence-electron chi connectivity index (χ4n) is 0.671. The van der Waals surface area contributed by atoms with Crippen molar-refractivity contribution in [2.75, 3.05) is 19.8 Å². The highest BCUT2D eigenvalue weighted by molar-refractivity contribution is 5.87. The van der Waals surface area contributed by atoms with E-state index in [4.69, 9.17) is 14.6 Å². The number of carbonyl (C=O) groups excluding carboxylic acids is 1. The predicted molar refractivity (Wildman–Crippen MR) is 58.0 cm³/mol. The molecule has 0 fully saturated rings. The van der Waals surface area contributed by atoms with Crippen LogP contribution in [0, 0.1) is 0 Å². The largest absolute Gasteiger partial charge is 0.478 e. The number of esters is 1. The highest BCUT2D eigenvalue weighted by Crippen LogP contribution is 1.93. The number of carboxylic acids is 1. The Labute approximate surface area is 94.4 Å². The minimum absolute atomic E-state index is 0.131. The fourth-order valence-corrected chi connectivity index (χ4v) is 0.671. The summed E-state index contributed by atoms with van der Waals surface area (Å²) in [5.74, 6) is -1.43. The summed E-state index contributed by atoms with van der Waals surface area (Å²) in [5, 5.41) is 8.52. The molecule has 90 valence electrons. The minimum atomic E-state index is -0.975. The van der Waals surface area contributed by atoms with E-state index in [-0.39, 0.29) is 25.4 Å². The first kappa shape index (κ1) is 14.4. The van der Waals surface area contributed by atoms with Gasteiger partial charge in [0.05, 0.1) is 13.2 Å². The molecule has 16 heavy (non-hydrogen) atoms. The maximum Gasteiger partial charge on any atom is 0.333 e. The van der Waals surface area contributed by atoms with Gasteiger partial charge in [-0.05, 0) is 19.9 Å². The van der Waals surface area contributed by atoms with Crippen LogP contribution in [0.2, 0.25) is 0 Å². The van der Waals surface area contributed by atoms with Gasteiger partial charge in [0, 0.05) is 11.1 Å². The zero-order valence-electron chi connectivity index (χ0n) is 9.49. The van der Waals surface area contributed by atoms with E-state index >= 15 is 0 Å². The lowest BCUT2D eigenvalue weighted by atomic mass is 10.3. The van der Waals surface area contributed by atoms with Crippen LogP contribution < -0.4 is 0 Å². The van der Waals surface area contributed by atoms with Crippen molar-refractivity contribution < 1.29 is 24.2 Å². The molecule has 0 aliphatic rings. The lowest BCUT2D eigenvalue weighted by Gasteiger charge is -2.04. The normalized spacial score (nSPS) is 11.0. The molecule has 5 nitrogen and oxygen atoms in total. The van der Waals surface area contributed by atoms with Crippen LogP contribution in [0.15, 0.2) is 23.8 Å². The van der Waals surface area contributed by atoms with Crippen molar-refractivity contribution in [1.82, 2.24) is 0 Å². The fraction of sp³-hybridized carbons (Fsp3) is 0.455. The Bertz CT molecular complexity index is 303. The second-order valence-electron chi connectivity index (χ2n) is 3.18. The molecule has 0 aliphatic heterocycles. The summed E-state index contributed by atoms with van der Waals surface area (Å²) in [6, 6.07) is 0. The lowest BCUT2D eigenvalue weighted by Crippen LogP contribution is -2.11. The van der Waals surface area contributed by atoms with Crippen molar-refractivity contribution in [3.63, 3.8) is 0 Å². The van der Waals surface area contributed by atoms with Crippen LogP contribution in [-0.2, 0) is 19.1 Å². The maximum atomic E-state index is 10.9. The summed E-state index contributed by atoms with van der Waals surface area (Å²) in [4.78, 5) is 21.3. The van der Waals surface area contributed by atoms with Gasteiger partial charge in [0.2, 0.25) is 0 Å². The van der Waals surface area contributed by atoms with E-state index in [1.54, 1.807) is 6.92 Å². The van der Waals surface area contributed by atoms with Gasteiger partial charge in [-0.25, -0.2) is 9.59 Å². The molecule has 0 spiro atoms. The molecule has 0 radical (unpaired) electrons. The Morgan fingerprint density at radius 1 is 1.31 bits per heavy atom. The van der Waals surface area contributed by atoms with E-state index in [9.17, 15) is 9.59 Å². The Hall–Kier alpha value is -1.62. The molecule has 0 rings (SSSR count). The van der Waals surface area contributed by atoms with Crippen molar-refractivity contribution >= 4 is 11.9 Å². The third-order valence-electron chi connectivity index (χ3n) is 1.65. The summed E-state index contributed by atoms with van der Waals surface area (Å²) in [7, 11) is 0. The number of carbonyl (C=O) groups is 2. The van der Waals surface area contributed by atoms with E-state index in [1.807, 2.05) is 0 Å². The Morgan fingerprint density at radius 3 is 2.44 bits per heavy atom. The lowest BCUT2D eigenvalue weighted by molar-refractivity contribution is -0.140. The highest BCUT2D eigenvalue weighted by atomic mass is 16.6. The molecule has 0 aromatic rings. The molecule has 0 aliphatic carbocycles. The zero-order chi connectivity index (χ0) is 12.6. The third-order valence-corrected chi connectivity index (χ3v) is 1.65. The van der Waals surface area contributed by atoms with Crippen LogP contribution in [0.5, 0.6) is 0 Å². The SMILES string of the molecule is C=C(C)C(=O)OCCOCC=C(C)C(=O)O. The molecule has 0 atom stereocenters. The molecule has 0 heterocycles. The first-order valence-electron chi connectivity index (χ1n) is 4.75. The monoisotopic (exact) mass is 228 g/mol. The van der Waals surface area contributed by atoms with Crippen molar-refractivity contribution in [3.05, 3.63) is 23.8 Å². The first-order chi connectivity index (χ1) is 7.45. The maximum absolute atomic E-state index is 10.9. The van der Waals surface area contributed by atoms with Crippen molar-refractivity contribution in [2.24, 2.45) is 0 Å². The van der Waals surface area contributed by atoms with Crippen LogP contribution >= 0.6 is 0 Å². The van der Waals surface area contributed by atoms with Crippen LogP contribution in [0.25, 0.3) is 0 Å². The van der Waals surface area contributed by atoms with E-state index in [1.165, 1.54) is 13.0 Å². The smallest absolute Gasteiger partial charge is 0.333 e. The third kappa shape index (κ3) is 6.78. The van der Waals surface area contributed by atoms with Gasteiger partial charge in [-0.15, -0.1) is 0 Å². The molecule has 0 amide bonds. The molecule has 1 N–H and O–H groups in total. The van der Waals surface area contributed by atoms with Crippen LogP contribution in [-0.4, -0.2) is 36.9 Å². The number of hydrogen-bond donors (Lipinski definition) is 1. The minimum Gasteiger partial charge on any atom is -0.478 e. The highest BCUT2D eigenvalue weighted by Gasteiger charge is 2.02. The first-order valence-corrected chi connectivity index (χ1v) is 4.75. The van der Waals surface area contributed by atoms with Crippen molar-refractivity contribution in [1.29, 1.82) is 0 Å². The summed E-state index contributed by atoms with van der Waals surface area (Å²) in [6.07, 6.45) is 1.45. The van der Waals surface area contributed by atoms with Gasteiger partial charge < -0.3 is 14.6 Å². The van der Waals surface area contributed by atoms with Crippen LogP contribution in [0.3, 0.4) is 0 Å². The number of ether oxygens (including phenoxy) is 2. The second kappa shape index (κ2) is 7.64. The van der Waals surface area contributed by atoms with Gasteiger partial charge in [-0.1, -0.05) is 6.58 Å². The Morgan fingerprint density at radius 2 is 1.94 bits per heavy atom. The van der Waals surface area contributed by atoms with Crippen molar-refractivity contribution in [2.45, 2.75) is 13.8 Å². The van der Waals surface area contributed by atoms with Crippen molar-refractivity contribution in [3.8, 4) is 0 Å². The number of carboxylic acid groups (broad SMARTS) is 1. The van der Waals surface area contributed by atoms with Gasteiger partial charge in [0.25, 0.3) is 0 Å². The van der Waals surface area contributed by atoms with Gasteiger partial charge in [0.15, 0.2) is 0 Å². The average Bonchev–Trinajstić information content (AvgIpc) is 2.21. The van der Waals surface area contributed by atoms with Gasteiger partial charge in [-0.2, -0.15) is 0 Å². The summed E-state index contributed by atoms with van der Waals surface area (Å²) < 4.78 is 9.80. The predicted octanol–water partition coefficient (Wildman–Crippen LogP) is 1.15.